The Balaban J connectivity index is 1.70. The zero-order valence-electron chi connectivity index (χ0n) is 14.0. The maximum atomic E-state index is 13.7. The summed E-state index contributed by atoms with van der Waals surface area (Å²) >= 11 is 0. The Morgan fingerprint density at radius 3 is 2.44 bits per heavy atom. The van der Waals surface area contributed by atoms with Crippen LogP contribution in [0.4, 0.5) is 27.5 Å². The van der Waals surface area contributed by atoms with E-state index in [1.807, 2.05) is 38.1 Å². The molecular formula is C19H19FN4O. The van der Waals surface area contributed by atoms with Gasteiger partial charge in [-0.3, -0.25) is 0 Å². The Hall–Kier alpha value is -3.15. The number of aromatic nitrogens is 2. The summed E-state index contributed by atoms with van der Waals surface area (Å²) in [5.74, 6) is 1.37. The lowest BCUT2D eigenvalue weighted by Crippen LogP contribution is -2.05. The molecule has 128 valence electrons. The van der Waals surface area contributed by atoms with Gasteiger partial charge in [0.2, 0.25) is 5.95 Å². The zero-order chi connectivity index (χ0) is 17.6. The SMILES string of the molecule is CC(C)Oc1ccc(Nc2ccnc(Nc3ccccc3F)n2)cc1. The fourth-order valence-corrected chi connectivity index (χ4v) is 2.21. The zero-order valence-corrected chi connectivity index (χ0v) is 14.0. The van der Waals surface area contributed by atoms with Gasteiger partial charge < -0.3 is 15.4 Å². The number of hydrogen-bond donors (Lipinski definition) is 2. The summed E-state index contributed by atoms with van der Waals surface area (Å²) in [4.78, 5) is 8.46. The molecule has 0 aliphatic heterocycles. The van der Waals surface area contributed by atoms with Crippen molar-refractivity contribution in [3.05, 3.63) is 66.6 Å². The Labute approximate surface area is 145 Å². The predicted molar refractivity (Wildman–Crippen MR) is 97.2 cm³/mol. The largest absolute Gasteiger partial charge is 0.491 e. The summed E-state index contributed by atoms with van der Waals surface area (Å²) < 4.78 is 19.3. The Kier molecular flexibility index (Phi) is 5.09. The number of para-hydroxylation sites is 1. The molecule has 0 aliphatic carbocycles. The van der Waals surface area contributed by atoms with Crippen molar-refractivity contribution in [1.29, 1.82) is 0 Å². The third kappa shape index (κ3) is 4.67. The molecule has 0 amide bonds. The molecule has 1 aromatic heterocycles. The van der Waals surface area contributed by atoms with E-state index in [0.717, 1.165) is 11.4 Å². The van der Waals surface area contributed by atoms with Crippen LogP contribution in [0.5, 0.6) is 5.75 Å². The van der Waals surface area contributed by atoms with E-state index in [9.17, 15) is 4.39 Å². The van der Waals surface area contributed by atoms with Crippen molar-refractivity contribution in [2.75, 3.05) is 10.6 Å². The number of nitrogens with one attached hydrogen (secondary N) is 2. The van der Waals surface area contributed by atoms with E-state index < -0.39 is 0 Å². The summed E-state index contributed by atoms with van der Waals surface area (Å²) in [6, 6.07) is 15.7. The highest BCUT2D eigenvalue weighted by Crippen LogP contribution is 2.21. The molecule has 6 heteroatoms. The molecule has 0 spiro atoms. The van der Waals surface area contributed by atoms with Crippen molar-refractivity contribution in [3.63, 3.8) is 0 Å². The number of halogens is 1. The van der Waals surface area contributed by atoms with Crippen LogP contribution in [0.3, 0.4) is 0 Å². The second-order valence-corrected chi connectivity index (χ2v) is 5.69. The average Bonchev–Trinajstić information content (AvgIpc) is 2.59. The molecule has 0 unspecified atom stereocenters. The predicted octanol–water partition coefficient (Wildman–Crippen LogP) is 4.89. The monoisotopic (exact) mass is 338 g/mol. The van der Waals surface area contributed by atoms with Crippen molar-refractivity contribution >= 4 is 23.1 Å². The number of rotatable bonds is 6. The van der Waals surface area contributed by atoms with Crippen molar-refractivity contribution in [3.8, 4) is 5.75 Å². The second-order valence-electron chi connectivity index (χ2n) is 5.69. The van der Waals surface area contributed by atoms with Crippen LogP contribution in [0.1, 0.15) is 13.8 Å². The lowest BCUT2D eigenvalue weighted by molar-refractivity contribution is 0.242. The van der Waals surface area contributed by atoms with Crippen LogP contribution < -0.4 is 15.4 Å². The van der Waals surface area contributed by atoms with Crippen LogP contribution in [0.25, 0.3) is 0 Å². The fourth-order valence-electron chi connectivity index (χ4n) is 2.21. The van der Waals surface area contributed by atoms with E-state index in [-0.39, 0.29) is 11.9 Å². The Morgan fingerprint density at radius 2 is 1.72 bits per heavy atom. The van der Waals surface area contributed by atoms with Gasteiger partial charge in [-0.1, -0.05) is 12.1 Å². The summed E-state index contributed by atoms with van der Waals surface area (Å²) in [6.07, 6.45) is 1.74. The third-order valence-corrected chi connectivity index (χ3v) is 3.27. The number of hydrogen-bond acceptors (Lipinski definition) is 5. The molecule has 2 aromatic carbocycles. The lowest BCUT2D eigenvalue weighted by atomic mass is 10.3. The first-order valence-electron chi connectivity index (χ1n) is 7.98. The molecular weight excluding hydrogens is 319 g/mol. The molecule has 3 rings (SSSR count). The van der Waals surface area contributed by atoms with E-state index in [1.54, 1.807) is 30.5 Å². The van der Waals surface area contributed by atoms with E-state index in [1.165, 1.54) is 6.07 Å². The van der Waals surface area contributed by atoms with Gasteiger partial charge in [-0.2, -0.15) is 4.98 Å². The Morgan fingerprint density at radius 1 is 0.960 bits per heavy atom. The van der Waals surface area contributed by atoms with E-state index in [4.69, 9.17) is 4.74 Å². The van der Waals surface area contributed by atoms with Gasteiger partial charge in [-0.25, -0.2) is 9.37 Å². The van der Waals surface area contributed by atoms with Crippen LogP contribution in [0, 0.1) is 5.82 Å². The normalized spacial score (nSPS) is 10.6. The molecule has 0 radical (unpaired) electrons. The molecule has 0 bridgehead atoms. The summed E-state index contributed by atoms with van der Waals surface area (Å²) in [7, 11) is 0. The van der Waals surface area contributed by atoms with Gasteiger partial charge in [-0.15, -0.1) is 0 Å². The van der Waals surface area contributed by atoms with Gasteiger partial charge in [0.25, 0.3) is 0 Å². The average molecular weight is 338 g/mol. The number of anilines is 4. The minimum Gasteiger partial charge on any atom is -0.491 e. The minimum absolute atomic E-state index is 0.132. The maximum absolute atomic E-state index is 13.7. The van der Waals surface area contributed by atoms with E-state index >= 15 is 0 Å². The molecule has 1 heterocycles. The lowest BCUT2D eigenvalue weighted by Gasteiger charge is -2.11. The quantitative estimate of drug-likeness (QED) is 0.670. The highest BCUT2D eigenvalue weighted by Gasteiger charge is 2.05. The van der Waals surface area contributed by atoms with Crippen LogP contribution in [-0.4, -0.2) is 16.1 Å². The molecule has 2 N–H and O–H groups in total. The molecule has 3 aromatic rings. The van der Waals surface area contributed by atoms with Gasteiger partial charge in [0, 0.05) is 11.9 Å². The maximum Gasteiger partial charge on any atom is 0.229 e. The fraction of sp³-hybridized carbons (Fsp3) is 0.158. The van der Waals surface area contributed by atoms with Crippen molar-refractivity contribution in [1.82, 2.24) is 9.97 Å². The van der Waals surface area contributed by atoms with Gasteiger partial charge in [0.1, 0.15) is 17.4 Å². The van der Waals surface area contributed by atoms with Crippen molar-refractivity contribution < 1.29 is 9.13 Å². The van der Waals surface area contributed by atoms with Gasteiger partial charge >= 0.3 is 0 Å². The number of benzene rings is 2. The first-order valence-corrected chi connectivity index (χ1v) is 7.98. The first kappa shape index (κ1) is 16.7. The standard InChI is InChI=1S/C19H19FN4O/c1-13(2)25-15-9-7-14(8-10-15)22-18-11-12-21-19(24-18)23-17-6-4-3-5-16(17)20/h3-13H,1-2H3,(H2,21,22,23,24). The Bertz CT molecular complexity index is 837. The molecule has 0 aliphatic rings. The highest BCUT2D eigenvalue weighted by molar-refractivity contribution is 5.60. The topological polar surface area (TPSA) is 59.1 Å². The van der Waals surface area contributed by atoms with E-state index in [0.29, 0.717) is 17.5 Å². The second kappa shape index (κ2) is 7.61. The highest BCUT2D eigenvalue weighted by atomic mass is 19.1. The summed E-state index contributed by atoms with van der Waals surface area (Å²) in [5, 5.41) is 6.06. The molecule has 0 atom stereocenters. The molecule has 0 fully saturated rings. The minimum atomic E-state index is -0.356. The first-order chi connectivity index (χ1) is 12.1. The van der Waals surface area contributed by atoms with Crippen molar-refractivity contribution in [2.24, 2.45) is 0 Å². The van der Waals surface area contributed by atoms with Gasteiger partial charge in [-0.05, 0) is 56.3 Å². The molecule has 0 saturated carbocycles. The number of ether oxygens (including phenoxy) is 1. The van der Waals surface area contributed by atoms with Crippen LogP contribution in [0.15, 0.2) is 60.8 Å². The molecule has 5 nitrogen and oxygen atoms in total. The van der Waals surface area contributed by atoms with Gasteiger partial charge in [0.15, 0.2) is 0 Å². The molecule has 25 heavy (non-hydrogen) atoms. The smallest absolute Gasteiger partial charge is 0.229 e. The van der Waals surface area contributed by atoms with Crippen LogP contribution >= 0.6 is 0 Å². The number of nitrogens with zero attached hydrogens (tertiary/aromatic N) is 2. The summed E-state index contributed by atoms with van der Waals surface area (Å²) in [5.41, 5.74) is 1.20. The third-order valence-electron chi connectivity index (χ3n) is 3.27. The summed E-state index contributed by atoms with van der Waals surface area (Å²) in [6.45, 7) is 3.97. The van der Waals surface area contributed by atoms with Crippen LogP contribution in [0.2, 0.25) is 0 Å². The van der Waals surface area contributed by atoms with E-state index in [2.05, 4.69) is 20.6 Å². The molecule has 0 saturated heterocycles. The van der Waals surface area contributed by atoms with Crippen LogP contribution in [-0.2, 0) is 0 Å². The van der Waals surface area contributed by atoms with Crippen molar-refractivity contribution in [2.45, 2.75) is 20.0 Å². The van der Waals surface area contributed by atoms with Gasteiger partial charge in [0.05, 0.1) is 11.8 Å².